The van der Waals surface area contributed by atoms with Gasteiger partial charge in [-0.2, -0.15) is 0 Å². The van der Waals surface area contributed by atoms with E-state index in [2.05, 4.69) is 10.2 Å². The number of aryl methyl sites for hydroxylation is 1. The summed E-state index contributed by atoms with van der Waals surface area (Å²) in [6.45, 7) is 4.96. The smallest absolute Gasteiger partial charge is 0.254 e. The first-order valence-electron chi connectivity index (χ1n) is 15.0. The molecule has 224 valence electrons. The van der Waals surface area contributed by atoms with E-state index < -0.39 is 0 Å². The molecule has 1 N–H and O–H groups in total. The zero-order chi connectivity index (χ0) is 29.9. The van der Waals surface area contributed by atoms with Gasteiger partial charge >= 0.3 is 0 Å². The number of rotatable bonds is 2. The fourth-order valence-electron chi connectivity index (χ4n) is 6.24. The van der Waals surface area contributed by atoms with Crippen LogP contribution in [0.15, 0.2) is 72.8 Å². The minimum Gasteiger partial charge on any atom is -0.457 e. The summed E-state index contributed by atoms with van der Waals surface area (Å²) in [6.07, 6.45) is 1.50. The number of piperidine rings is 1. The summed E-state index contributed by atoms with van der Waals surface area (Å²) in [5.74, 6) is 0.860. The van der Waals surface area contributed by atoms with Crippen molar-refractivity contribution < 1.29 is 23.9 Å². The second-order valence-electron chi connectivity index (χ2n) is 11.8. The fraction of sp³-hybridized carbons (Fsp3) is 0.382. The van der Waals surface area contributed by atoms with E-state index in [4.69, 9.17) is 9.47 Å². The van der Waals surface area contributed by atoms with Gasteiger partial charge in [0, 0.05) is 50.4 Å². The maximum atomic E-state index is 13.2. The Balaban J connectivity index is 1.17. The van der Waals surface area contributed by atoms with E-state index in [0.717, 1.165) is 24.0 Å². The number of hydrogen-bond donors (Lipinski definition) is 1. The number of carbonyl (C=O) groups is 3. The number of hydrogen-bond acceptors (Lipinski definition) is 6. The molecule has 0 saturated carbocycles. The Hall–Kier alpha value is -4.21. The minimum atomic E-state index is -0.251. The van der Waals surface area contributed by atoms with Gasteiger partial charge in [-0.05, 0) is 67.3 Å². The van der Waals surface area contributed by atoms with Crippen LogP contribution < -0.4 is 10.1 Å². The molecular formula is C34H38N4O5. The van der Waals surface area contributed by atoms with E-state index in [1.807, 2.05) is 72.5 Å². The monoisotopic (exact) mass is 582 g/mol. The van der Waals surface area contributed by atoms with Crippen LogP contribution >= 0.6 is 0 Å². The predicted octanol–water partition coefficient (Wildman–Crippen LogP) is 3.86. The van der Waals surface area contributed by atoms with Gasteiger partial charge in [0.2, 0.25) is 5.91 Å². The first-order valence-corrected chi connectivity index (χ1v) is 15.0. The standard InChI is InChI=1S/C34H38N4O5/c1-23-11-12-26-18-30(23)43-28-10-6-7-24(17-28)22-42-31-20-38(19-29(31)35-32(39)21-36(2)33(26)40)27-13-15-37(16-14-27)34(41)25-8-4-3-5-9-25/h3-12,17-18,27,29,31H,13-16,19-22H2,1-2H3,(H,35,39)/t29-,31-/m0/s1. The van der Waals surface area contributed by atoms with Gasteiger partial charge in [0.15, 0.2) is 0 Å². The molecule has 6 rings (SSSR count). The van der Waals surface area contributed by atoms with E-state index in [1.165, 1.54) is 4.90 Å². The van der Waals surface area contributed by atoms with Crippen molar-refractivity contribution in [2.45, 2.75) is 44.6 Å². The first-order chi connectivity index (χ1) is 20.8. The second kappa shape index (κ2) is 12.6. The third kappa shape index (κ3) is 6.58. The molecule has 3 aliphatic rings. The molecule has 0 spiro atoms. The summed E-state index contributed by atoms with van der Waals surface area (Å²) < 4.78 is 12.6. The van der Waals surface area contributed by atoms with Crippen molar-refractivity contribution in [1.29, 1.82) is 0 Å². The van der Waals surface area contributed by atoms with Crippen LogP contribution in [0, 0.1) is 6.92 Å². The molecule has 2 fully saturated rings. The summed E-state index contributed by atoms with van der Waals surface area (Å²) in [5, 5.41) is 3.16. The van der Waals surface area contributed by atoms with Gasteiger partial charge < -0.3 is 24.6 Å². The van der Waals surface area contributed by atoms with Crippen LogP contribution in [0.3, 0.4) is 0 Å². The predicted molar refractivity (Wildman–Crippen MR) is 162 cm³/mol. The zero-order valence-corrected chi connectivity index (χ0v) is 24.7. The highest BCUT2D eigenvalue weighted by atomic mass is 16.5. The number of benzene rings is 3. The van der Waals surface area contributed by atoms with Crippen LogP contribution in [0.1, 0.15) is 44.7 Å². The molecule has 3 aliphatic heterocycles. The Morgan fingerprint density at radius 3 is 2.51 bits per heavy atom. The van der Waals surface area contributed by atoms with Crippen molar-refractivity contribution >= 4 is 17.7 Å². The molecule has 3 amide bonds. The van der Waals surface area contributed by atoms with Crippen molar-refractivity contribution in [2.75, 3.05) is 39.8 Å². The van der Waals surface area contributed by atoms with E-state index in [0.29, 0.717) is 55.4 Å². The van der Waals surface area contributed by atoms with Gasteiger partial charge in [0.05, 0.1) is 25.3 Å². The Kier molecular flexibility index (Phi) is 8.44. The zero-order valence-electron chi connectivity index (χ0n) is 24.7. The quantitative estimate of drug-likeness (QED) is 0.494. The van der Waals surface area contributed by atoms with Crippen molar-refractivity contribution in [3.63, 3.8) is 0 Å². The lowest BCUT2D eigenvalue weighted by Crippen LogP contribution is -2.49. The maximum Gasteiger partial charge on any atom is 0.254 e. The fourth-order valence-corrected chi connectivity index (χ4v) is 6.24. The number of nitrogens with zero attached hydrogens (tertiary/aromatic N) is 3. The Labute approximate surface area is 252 Å². The second-order valence-corrected chi connectivity index (χ2v) is 11.8. The highest BCUT2D eigenvalue weighted by Crippen LogP contribution is 2.29. The van der Waals surface area contributed by atoms with Crippen molar-refractivity contribution in [1.82, 2.24) is 20.0 Å². The number of ether oxygens (including phenoxy) is 2. The minimum absolute atomic E-state index is 0.0643. The van der Waals surface area contributed by atoms with Crippen molar-refractivity contribution in [3.05, 3.63) is 95.1 Å². The van der Waals surface area contributed by atoms with Crippen LogP contribution in [0.2, 0.25) is 0 Å². The summed E-state index contributed by atoms with van der Waals surface area (Å²) >= 11 is 0. The van der Waals surface area contributed by atoms with Gasteiger partial charge in [-0.1, -0.05) is 36.4 Å². The lowest BCUT2D eigenvalue weighted by atomic mass is 10.0. The number of carbonyl (C=O) groups excluding carboxylic acids is 3. The van der Waals surface area contributed by atoms with Gasteiger partial charge in [-0.3, -0.25) is 19.3 Å². The third-order valence-corrected chi connectivity index (χ3v) is 8.68. The average Bonchev–Trinajstić information content (AvgIpc) is 3.42. The maximum absolute atomic E-state index is 13.2. The molecule has 2 atom stereocenters. The molecule has 0 radical (unpaired) electrons. The molecule has 4 bridgehead atoms. The number of likely N-dealkylation sites (tertiary alicyclic amines) is 2. The number of nitrogens with one attached hydrogen (secondary N) is 1. The summed E-state index contributed by atoms with van der Waals surface area (Å²) in [7, 11) is 1.63. The highest BCUT2D eigenvalue weighted by Gasteiger charge is 2.39. The lowest BCUT2D eigenvalue weighted by Gasteiger charge is -2.36. The summed E-state index contributed by atoms with van der Waals surface area (Å²) in [5.41, 5.74) is 3.05. The molecule has 0 aliphatic carbocycles. The largest absolute Gasteiger partial charge is 0.457 e. The van der Waals surface area contributed by atoms with Crippen LogP contribution in [-0.4, -0.2) is 90.4 Å². The molecular weight excluding hydrogens is 544 g/mol. The van der Waals surface area contributed by atoms with Gasteiger partial charge in [0.25, 0.3) is 11.8 Å². The van der Waals surface area contributed by atoms with Gasteiger partial charge in [-0.25, -0.2) is 0 Å². The van der Waals surface area contributed by atoms with E-state index in [9.17, 15) is 14.4 Å². The van der Waals surface area contributed by atoms with E-state index in [-0.39, 0.29) is 42.5 Å². The molecule has 0 aromatic heterocycles. The van der Waals surface area contributed by atoms with Crippen molar-refractivity contribution in [2.24, 2.45) is 0 Å². The van der Waals surface area contributed by atoms with Crippen LogP contribution in [0.4, 0.5) is 0 Å². The summed E-state index contributed by atoms with van der Waals surface area (Å²) in [6, 6.07) is 22.6. The summed E-state index contributed by atoms with van der Waals surface area (Å²) in [4.78, 5) is 45.1. The van der Waals surface area contributed by atoms with E-state index in [1.54, 1.807) is 19.2 Å². The van der Waals surface area contributed by atoms with Crippen LogP contribution in [0.5, 0.6) is 11.5 Å². The van der Waals surface area contributed by atoms with Crippen LogP contribution in [0.25, 0.3) is 0 Å². The molecule has 3 aromatic carbocycles. The average molecular weight is 583 g/mol. The Morgan fingerprint density at radius 1 is 0.930 bits per heavy atom. The van der Waals surface area contributed by atoms with Crippen molar-refractivity contribution in [3.8, 4) is 11.5 Å². The first kappa shape index (κ1) is 28.9. The highest BCUT2D eigenvalue weighted by molar-refractivity contribution is 5.97. The lowest BCUT2D eigenvalue weighted by molar-refractivity contribution is -0.123. The van der Waals surface area contributed by atoms with Gasteiger partial charge in [-0.15, -0.1) is 0 Å². The molecule has 9 nitrogen and oxygen atoms in total. The Morgan fingerprint density at radius 2 is 1.72 bits per heavy atom. The normalized spacial score (nSPS) is 22.1. The number of amides is 3. The van der Waals surface area contributed by atoms with E-state index >= 15 is 0 Å². The molecule has 3 aromatic rings. The Bertz CT molecular complexity index is 1490. The molecule has 2 saturated heterocycles. The van der Waals surface area contributed by atoms with Crippen LogP contribution in [-0.2, 0) is 16.1 Å². The third-order valence-electron chi connectivity index (χ3n) is 8.68. The molecule has 9 heteroatoms. The van der Waals surface area contributed by atoms with Gasteiger partial charge in [0.1, 0.15) is 11.5 Å². The number of likely N-dealkylation sites (N-methyl/N-ethyl adjacent to an activating group) is 1. The SMILES string of the molecule is Cc1ccc2cc1Oc1cccc(c1)CO[C@H]1CN(C3CCN(C(=O)c4ccccc4)CC3)C[C@@H]1NC(=O)CN(C)C2=O. The molecule has 43 heavy (non-hydrogen) atoms. The molecule has 0 unspecified atom stereocenters. The number of fused-ring (bicyclic) bond motifs is 5. The molecule has 3 heterocycles. The topological polar surface area (TPSA) is 91.4 Å².